The van der Waals surface area contributed by atoms with Crippen LogP contribution in [0.25, 0.3) is 0 Å². The lowest BCUT2D eigenvalue weighted by Crippen LogP contribution is -2.37. The summed E-state index contributed by atoms with van der Waals surface area (Å²) in [7, 11) is 0. The Kier molecular flexibility index (Phi) is 4.31. The highest BCUT2D eigenvalue weighted by Crippen LogP contribution is 2.22. The van der Waals surface area contributed by atoms with Gasteiger partial charge in [0.1, 0.15) is 0 Å². The van der Waals surface area contributed by atoms with Gasteiger partial charge in [0.15, 0.2) is 0 Å². The average molecular weight is 234 g/mol. The molecule has 1 aromatic rings. The van der Waals surface area contributed by atoms with Crippen LogP contribution >= 0.6 is 0 Å². The Labute approximate surface area is 103 Å². The quantitative estimate of drug-likeness (QED) is 0.860. The standard InChI is InChI=1S/C13H22N4/c1-2-11-8-15-13(16-9-11)17-7-3-4-12(10-17)5-6-14/h8-9,12H,2-7,10,14H2,1H3. The number of rotatable bonds is 4. The van der Waals surface area contributed by atoms with Crippen molar-refractivity contribution in [3.63, 3.8) is 0 Å². The van der Waals surface area contributed by atoms with Gasteiger partial charge in [-0.2, -0.15) is 0 Å². The van der Waals surface area contributed by atoms with Crippen LogP contribution < -0.4 is 10.6 Å². The molecule has 1 fully saturated rings. The van der Waals surface area contributed by atoms with E-state index in [1.165, 1.54) is 18.4 Å². The number of aryl methyl sites for hydroxylation is 1. The second-order valence-corrected chi connectivity index (χ2v) is 4.78. The van der Waals surface area contributed by atoms with E-state index < -0.39 is 0 Å². The predicted octanol–water partition coefficient (Wildman–Crippen LogP) is 1.60. The summed E-state index contributed by atoms with van der Waals surface area (Å²) in [5.41, 5.74) is 6.83. The normalized spacial score (nSPS) is 20.6. The summed E-state index contributed by atoms with van der Waals surface area (Å²) >= 11 is 0. The van der Waals surface area contributed by atoms with Gasteiger partial charge in [0.25, 0.3) is 0 Å². The minimum absolute atomic E-state index is 0.711. The van der Waals surface area contributed by atoms with Crippen molar-refractivity contribution in [2.24, 2.45) is 11.7 Å². The van der Waals surface area contributed by atoms with Crippen LogP contribution in [0.4, 0.5) is 5.95 Å². The van der Waals surface area contributed by atoms with Crippen molar-refractivity contribution in [2.75, 3.05) is 24.5 Å². The van der Waals surface area contributed by atoms with Gasteiger partial charge in [-0.15, -0.1) is 0 Å². The molecule has 0 spiro atoms. The molecule has 1 aromatic heterocycles. The fourth-order valence-electron chi connectivity index (χ4n) is 2.41. The van der Waals surface area contributed by atoms with Gasteiger partial charge in [0.2, 0.25) is 5.95 Å². The predicted molar refractivity (Wildman–Crippen MR) is 70.0 cm³/mol. The summed E-state index contributed by atoms with van der Waals surface area (Å²) in [6.45, 7) is 5.04. The molecule has 0 amide bonds. The molecule has 0 aliphatic carbocycles. The molecule has 0 saturated carbocycles. The molecule has 1 aliphatic rings. The summed E-state index contributed by atoms with van der Waals surface area (Å²) < 4.78 is 0. The Bertz CT molecular complexity index is 334. The van der Waals surface area contributed by atoms with E-state index in [2.05, 4.69) is 21.8 Å². The second-order valence-electron chi connectivity index (χ2n) is 4.78. The SMILES string of the molecule is CCc1cnc(N2CCCC(CCN)C2)nc1. The zero-order valence-electron chi connectivity index (χ0n) is 10.6. The molecule has 1 aliphatic heterocycles. The third-order valence-electron chi connectivity index (χ3n) is 3.48. The van der Waals surface area contributed by atoms with Crippen LogP contribution in [0.15, 0.2) is 12.4 Å². The number of nitrogens with two attached hydrogens (primary N) is 1. The zero-order valence-corrected chi connectivity index (χ0v) is 10.6. The van der Waals surface area contributed by atoms with Crippen LogP contribution in [0.2, 0.25) is 0 Å². The average Bonchev–Trinajstić information content (AvgIpc) is 2.40. The van der Waals surface area contributed by atoms with Crippen molar-refractivity contribution in [1.29, 1.82) is 0 Å². The van der Waals surface area contributed by atoms with E-state index in [-0.39, 0.29) is 0 Å². The maximum absolute atomic E-state index is 5.63. The van der Waals surface area contributed by atoms with Crippen molar-refractivity contribution in [1.82, 2.24) is 9.97 Å². The van der Waals surface area contributed by atoms with Gasteiger partial charge in [-0.1, -0.05) is 6.92 Å². The van der Waals surface area contributed by atoms with E-state index in [1.807, 2.05) is 12.4 Å². The summed E-state index contributed by atoms with van der Waals surface area (Å²) in [6.07, 6.45) is 8.51. The smallest absolute Gasteiger partial charge is 0.225 e. The first kappa shape index (κ1) is 12.3. The molecule has 4 nitrogen and oxygen atoms in total. The van der Waals surface area contributed by atoms with E-state index in [4.69, 9.17) is 5.73 Å². The molecule has 1 saturated heterocycles. The molecular weight excluding hydrogens is 212 g/mol. The lowest BCUT2D eigenvalue weighted by atomic mass is 9.95. The summed E-state index contributed by atoms with van der Waals surface area (Å²) in [5, 5.41) is 0. The third kappa shape index (κ3) is 3.16. The molecule has 2 N–H and O–H groups in total. The van der Waals surface area contributed by atoms with Crippen LogP contribution in [0.1, 0.15) is 31.7 Å². The van der Waals surface area contributed by atoms with Crippen molar-refractivity contribution in [2.45, 2.75) is 32.6 Å². The number of anilines is 1. The van der Waals surface area contributed by atoms with Crippen molar-refractivity contribution in [3.05, 3.63) is 18.0 Å². The van der Waals surface area contributed by atoms with Crippen LogP contribution in [0, 0.1) is 5.92 Å². The monoisotopic (exact) mass is 234 g/mol. The molecule has 94 valence electrons. The molecule has 0 aromatic carbocycles. The van der Waals surface area contributed by atoms with Gasteiger partial charge in [-0.05, 0) is 43.7 Å². The lowest BCUT2D eigenvalue weighted by Gasteiger charge is -2.32. The lowest BCUT2D eigenvalue weighted by molar-refractivity contribution is 0.392. The van der Waals surface area contributed by atoms with Crippen LogP contribution in [0.3, 0.4) is 0 Å². The van der Waals surface area contributed by atoms with Crippen LogP contribution in [0.5, 0.6) is 0 Å². The fourth-order valence-corrected chi connectivity index (χ4v) is 2.41. The van der Waals surface area contributed by atoms with E-state index in [0.29, 0.717) is 5.92 Å². The first-order valence-electron chi connectivity index (χ1n) is 6.59. The number of hydrogen-bond donors (Lipinski definition) is 1. The highest BCUT2D eigenvalue weighted by atomic mass is 15.2. The molecule has 1 unspecified atom stereocenters. The number of aromatic nitrogens is 2. The van der Waals surface area contributed by atoms with Crippen molar-refractivity contribution >= 4 is 5.95 Å². The summed E-state index contributed by atoms with van der Waals surface area (Å²) in [4.78, 5) is 11.2. The van der Waals surface area contributed by atoms with Crippen LogP contribution in [-0.4, -0.2) is 29.6 Å². The minimum Gasteiger partial charge on any atom is -0.341 e. The highest BCUT2D eigenvalue weighted by molar-refractivity contribution is 5.30. The van der Waals surface area contributed by atoms with Gasteiger partial charge in [0.05, 0.1) is 0 Å². The maximum atomic E-state index is 5.63. The van der Waals surface area contributed by atoms with Gasteiger partial charge < -0.3 is 10.6 Å². The first-order valence-corrected chi connectivity index (χ1v) is 6.59. The number of piperidine rings is 1. The van der Waals surface area contributed by atoms with E-state index >= 15 is 0 Å². The number of nitrogens with zero attached hydrogens (tertiary/aromatic N) is 3. The Hall–Kier alpha value is -1.16. The van der Waals surface area contributed by atoms with E-state index in [9.17, 15) is 0 Å². The Morgan fingerprint density at radius 1 is 1.41 bits per heavy atom. The Morgan fingerprint density at radius 2 is 2.18 bits per heavy atom. The zero-order chi connectivity index (χ0) is 12.1. The summed E-state index contributed by atoms with van der Waals surface area (Å²) in [5.74, 6) is 1.59. The molecule has 2 rings (SSSR count). The second kappa shape index (κ2) is 5.96. The molecule has 1 atom stereocenters. The first-order chi connectivity index (χ1) is 8.33. The van der Waals surface area contributed by atoms with Gasteiger partial charge in [0, 0.05) is 25.5 Å². The minimum atomic E-state index is 0.711. The van der Waals surface area contributed by atoms with Gasteiger partial charge >= 0.3 is 0 Å². The van der Waals surface area contributed by atoms with Gasteiger partial charge in [-0.25, -0.2) is 9.97 Å². The molecule has 17 heavy (non-hydrogen) atoms. The topological polar surface area (TPSA) is 55.0 Å². The Morgan fingerprint density at radius 3 is 2.82 bits per heavy atom. The Balaban J connectivity index is 2.00. The number of hydrogen-bond acceptors (Lipinski definition) is 4. The largest absolute Gasteiger partial charge is 0.341 e. The highest BCUT2D eigenvalue weighted by Gasteiger charge is 2.20. The third-order valence-corrected chi connectivity index (χ3v) is 3.48. The summed E-state index contributed by atoms with van der Waals surface area (Å²) in [6, 6.07) is 0. The molecular formula is C13H22N4. The van der Waals surface area contributed by atoms with Gasteiger partial charge in [-0.3, -0.25) is 0 Å². The fraction of sp³-hybridized carbons (Fsp3) is 0.692. The van der Waals surface area contributed by atoms with Crippen molar-refractivity contribution < 1.29 is 0 Å². The molecule has 0 radical (unpaired) electrons. The maximum Gasteiger partial charge on any atom is 0.225 e. The molecule has 0 bridgehead atoms. The molecule has 2 heterocycles. The van der Waals surface area contributed by atoms with Crippen molar-refractivity contribution in [3.8, 4) is 0 Å². The molecule has 4 heteroatoms. The van der Waals surface area contributed by atoms with E-state index in [1.54, 1.807) is 0 Å². The van der Waals surface area contributed by atoms with E-state index in [0.717, 1.165) is 38.4 Å². The van der Waals surface area contributed by atoms with Crippen LogP contribution in [-0.2, 0) is 6.42 Å².